The molecule has 0 bridgehead atoms. The molecule has 1 aromatic rings. The highest BCUT2D eigenvalue weighted by Crippen LogP contribution is 2.06. The molecule has 0 spiro atoms. The lowest BCUT2D eigenvalue weighted by molar-refractivity contribution is 0.601. The van der Waals surface area contributed by atoms with Crippen molar-refractivity contribution in [3.8, 4) is 0 Å². The molecule has 0 atom stereocenters. The third kappa shape index (κ3) is 4.95. The second kappa shape index (κ2) is 7.48. The van der Waals surface area contributed by atoms with Crippen molar-refractivity contribution in [2.24, 2.45) is 0 Å². The van der Waals surface area contributed by atoms with Crippen LogP contribution in [0.4, 0.5) is 0 Å². The zero-order chi connectivity index (χ0) is 10.1. The minimum absolute atomic E-state index is 0.989. The third-order valence-corrected chi connectivity index (χ3v) is 2.37. The molecule has 1 aromatic heterocycles. The number of aromatic nitrogens is 2. The van der Waals surface area contributed by atoms with Crippen molar-refractivity contribution in [1.82, 2.24) is 9.97 Å². The van der Waals surface area contributed by atoms with Crippen LogP contribution in [-0.4, -0.2) is 9.97 Å². The van der Waals surface area contributed by atoms with Crippen molar-refractivity contribution in [3.05, 3.63) is 24.3 Å². The van der Waals surface area contributed by atoms with Gasteiger partial charge in [0.05, 0.1) is 0 Å². The lowest BCUT2D eigenvalue weighted by Crippen LogP contribution is -1.93. The number of unbranched alkanes of at least 4 members (excludes halogenated alkanes) is 5. The van der Waals surface area contributed by atoms with Gasteiger partial charge in [-0.15, -0.1) is 0 Å². The van der Waals surface area contributed by atoms with E-state index < -0.39 is 0 Å². The monoisotopic (exact) mass is 192 g/mol. The first-order valence-corrected chi connectivity index (χ1v) is 5.69. The Kier molecular flexibility index (Phi) is 5.96. The van der Waals surface area contributed by atoms with Gasteiger partial charge in [0.25, 0.3) is 0 Å². The fourth-order valence-corrected chi connectivity index (χ4v) is 1.52. The van der Waals surface area contributed by atoms with Crippen LogP contribution >= 0.6 is 0 Å². The van der Waals surface area contributed by atoms with E-state index in [1.165, 1.54) is 38.5 Å². The molecule has 0 amide bonds. The van der Waals surface area contributed by atoms with E-state index in [1.807, 2.05) is 18.5 Å². The molecule has 0 N–H and O–H groups in total. The quantitative estimate of drug-likeness (QED) is 0.619. The van der Waals surface area contributed by atoms with Crippen LogP contribution in [0.25, 0.3) is 0 Å². The van der Waals surface area contributed by atoms with Crippen LogP contribution in [-0.2, 0) is 6.42 Å². The van der Waals surface area contributed by atoms with Crippen LogP contribution in [0, 0.1) is 0 Å². The first-order valence-electron chi connectivity index (χ1n) is 5.69. The van der Waals surface area contributed by atoms with E-state index in [-0.39, 0.29) is 0 Å². The number of hydrogen-bond donors (Lipinski definition) is 0. The van der Waals surface area contributed by atoms with Gasteiger partial charge >= 0.3 is 0 Å². The summed E-state index contributed by atoms with van der Waals surface area (Å²) in [6.07, 6.45) is 12.7. The molecular formula is C12H20N2. The Labute approximate surface area is 86.8 Å². The first-order chi connectivity index (χ1) is 6.93. The molecule has 0 radical (unpaired) electrons. The maximum atomic E-state index is 4.20. The van der Waals surface area contributed by atoms with Gasteiger partial charge in [0.2, 0.25) is 0 Å². The molecule has 0 saturated carbocycles. The van der Waals surface area contributed by atoms with Crippen LogP contribution in [0.5, 0.6) is 0 Å². The molecule has 0 aliphatic carbocycles. The minimum atomic E-state index is 0.989. The van der Waals surface area contributed by atoms with Gasteiger partial charge in [-0.1, -0.05) is 39.0 Å². The molecule has 0 unspecified atom stereocenters. The van der Waals surface area contributed by atoms with Gasteiger partial charge < -0.3 is 0 Å². The van der Waals surface area contributed by atoms with E-state index in [9.17, 15) is 0 Å². The summed E-state index contributed by atoms with van der Waals surface area (Å²) in [4.78, 5) is 8.40. The lowest BCUT2D eigenvalue weighted by Gasteiger charge is -1.99. The van der Waals surface area contributed by atoms with Crippen LogP contribution in [0.1, 0.15) is 51.3 Å². The Balaban J connectivity index is 1.99. The number of rotatable bonds is 7. The Morgan fingerprint density at radius 1 is 0.929 bits per heavy atom. The fraction of sp³-hybridized carbons (Fsp3) is 0.667. The summed E-state index contributed by atoms with van der Waals surface area (Å²) in [6, 6.07) is 1.87. The molecule has 0 saturated heterocycles. The van der Waals surface area contributed by atoms with Crippen LogP contribution in [0.2, 0.25) is 0 Å². The van der Waals surface area contributed by atoms with E-state index in [0.717, 1.165) is 12.2 Å². The molecule has 2 nitrogen and oxygen atoms in total. The summed E-state index contributed by atoms with van der Waals surface area (Å²) >= 11 is 0. The second-order valence-electron chi connectivity index (χ2n) is 3.68. The minimum Gasteiger partial charge on any atom is -0.241 e. The summed E-state index contributed by atoms with van der Waals surface area (Å²) < 4.78 is 0. The average Bonchev–Trinajstić information content (AvgIpc) is 2.25. The predicted octanol–water partition coefficient (Wildman–Crippen LogP) is 3.38. The fourth-order valence-electron chi connectivity index (χ4n) is 1.52. The van der Waals surface area contributed by atoms with Crippen molar-refractivity contribution >= 4 is 0 Å². The number of nitrogens with zero attached hydrogens (tertiary/aromatic N) is 2. The number of hydrogen-bond acceptors (Lipinski definition) is 2. The van der Waals surface area contributed by atoms with Crippen molar-refractivity contribution in [2.75, 3.05) is 0 Å². The largest absolute Gasteiger partial charge is 0.241 e. The Morgan fingerprint density at radius 2 is 1.57 bits per heavy atom. The third-order valence-electron chi connectivity index (χ3n) is 2.37. The molecule has 2 heteroatoms. The lowest BCUT2D eigenvalue weighted by atomic mass is 10.1. The highest BCUT2D eigenvalue weighted by atomic mass is 14.8. The maximum absolute atomic E-state index is 4.20. The summed E-state index contributed by atoms with van der Waals surface area (Å²) in [5.41, 5.74) is 0. The van der Waals surface area contributed by atoms with E-state index >= 15 is 0 Å². The zero-order valence-electron chi connectivity index (χ0n) is 9.08. The van der Waals surface area contributed by atoms with Gasteiger partial charge in [-0.25, -0.2) is 9.97 Å². The van der Waals surface area contributed by atoms with Gasteiger partial charge in [0, 0.05) is 18.8 Å². The molecule has 0 aromatic carbocycles. The molecule has 0 aliphatic rings. The van der Waals surface area contributed by atoms with E-state index in [1.54, 1.807) is 0 Å². The van der Waals surface area contributed by atoms with E-state index in [2.05, 4.69) is 16.9 Å². The standard InChI is InChI=1S/C12H20N2/c1-2-3-4-5-6-7-9-12-13-10-8-11-14-12/h8,10-11H,2-7,9H2,1H3. The first kappa shape index (κ1) is 11.2. The van der Waals surface area contributed by atoms with Gasteiger partial charge in [-0.05, 0) is 12.5 Å². The van der Waals surface area contributed by atoms with Gasteiger partial charge in [-0.3, -0.25) is 0 Å². The second-order valence-corrected chi connectivity index (χ2v) is 3.68. The molecule has 1 rings (SSSR count). The SMILES string of the molecule is CCCCCCCCc1ncccn1. The normalized spacial score (nSPS) is 10.4. The van der Waals surface area contributed by atoms with Crippen LogP contribution in [0.3, 0.4) is 0 Å². The van der Waals surface area contributed by atoms with Gasteiger partial charge in [0.15, 0.2) is 0 Å². The zero-order valence-corrected chi connectivity index (χ0v) is 9.08. The van der Waals surface area contributed by atoms with Crippen molar-refractivity contribution in [1.29, 1.82) is 0 Å². The number of aryl methyl sites for hydroxylation is 1. The van der Waals surface area contributed by atoms with Crippen LogP contribution in [0.15, 0.2) is 18.5 Å². The molecule has 1 heterocycles. The Bertz CT molecular complexity index is 221. The van der Waals surface area contributed by atoms with Crippen molar-refractivity contribution in [3.63, 3.8) is 0 Å². The summed E-state index contributed by atoms with van der Waals surface area (Å²) in [5, 5.41) is 0. The highest BCUT2D eigenvalue weighted by molar-refractivity contribution is 4.88. The van der Waals surface area contributed by atoms with Crippen molar-refractivity contribution in [2.45, 2.75) is 51.9 Å². The van der Waals surface area contributed by atoms with Gasteiger partial charge in [0.1, 0.15) is 5.82 Å². The maximum Gasteiger partial charge on any atom is 0.128 e. The average molecular weight is 192 g/mol. The van der Waals surface area contributed by atoms with E-state index in [0.29, 0.717) is 0 Å². The Morgan fingerprint density at radius 3 is 2.29 bits per heavy atom. The molecule has 78 valence electrons. The summed E-state index contributed by atoms with van der Waals surface area (Å²) in [6.45, 7) is 2.25. The van der Waals surface area contributed by atoms with E-state index in [4.69, 9.17) is 0 Å². The highest BCUT2D eigenvalue weighted by Gasteiger charge is 1.94. The smallest absolute Gasteiger partial charge is 0.128 e. The predicted molar refractivity (Wildman–Crippen MR) is 59.1 cm³/mol. The van der Waals surface area contributed by atoms with Gasteiger partial charge in [-0.2, -0.15) is 0 Å². The van der Waals surface area contributed by atoms with Crippen LogP contribution < -0.4 is 0 Å². The van der Waals surface area contributed by atoms with Crippen molar-refractivity contribution < 1.29 is 0 Å². The summed E-state index contributed by atoms with van der Waals surface area (Å²) in [5.74, 6) is 0.989. The molecule has 0 fully saturated rings. The topological polar surface area (TPSA) is 25.8 Å². The summed E-state index contributed by atoms with van der Waals surface area (Å²) in [7, 11) is 0. The molecule has 14 heavy (non-hydrogen) atoms. The Hall–Kier alpha value is -0.920. The molecular weight excluding hydrogens is 172 g/mol. The molecule has 0 aliphatic heterocycles.